The van der Waals surface area contributed by atoms with Crippen LogP contribution in [0.5, 0.6) is 0 Å². The molecule has 0 aliphatic carbocycles. The summed E-state index contributed by atoms with van der Waals surface area (Å²) in [5.74, 6) is -0.265. The Labute approximate surface area is 108 Å². The Morgan fingerprint density at radius 3 is 2.67 bits per heavy atom. The molecular formula is C14H21NO3. The van der Waals surface area contributed by atoms with E-state index >= 15 is 0 Å². The number of benzene rings is 1. The van der Waals surface area contributed by atoms with Gasteiger partial charge in [0.2, 0.25) is 0 Å². The molecule has 0 heterocycles. The van der Waals surface area contributed by atoms with Gasteiger partial charge in [-0.3, -0.25) is 0 Å². The van der Waals surface area contributed by atoms with Crippen molar-refractivity contribution in [3.63, 3.8) is 0 Å². The number of carbonyl (C=O) groups excluding carboxylic acids is 1. The lowest BCUT2D eigenvalue weighted by molar-refractivity contribution is 0.0462. The van der Waals surface area contributed by atoms with Gasteiger partial charge < -0.3 is 14.4 Å². The Hall–Kier alpha value is -1.39. The predicted molar refractivity (Wildman–Crippen MR) is 70.8 cm³/mol. The first kappa shape index (κ1) is 14.7. The lowest BCUT2D eigenvalue weighted by atomic mass is 10.1. The molecule has 100 valence electrons. The minimum atomic E-state index is -0.265. The number of carbonyl (C=O) groups is 1. The maximum absolute atomic E-state index is 11.7. The molecule has 0 radical (unpaired) electrons. The molecular weight excluding hydrogens is 230 g/mol. The van der Waals surface area contributed by atoms with Crippen LogP contribution in [0.15, 0.2) is 24.3 Å². The summed E-state index contributed by atoms with van der Waals surface area (Å²) in [4.78, 5) is 13.8. The van der Waals surface area contributed by atoms with Crippen LogP contribution >= 0.6 is 0 Å². The first-order valence-electron chi connectivity index (χ1n) is 6.04. The molecule has 0 atom stereocenters. The van der Waals surface area contributed by atoms with Gasteiger partial charge in [0.15, 0.2) is 0 Å². The van der Waals surface area contributed by atoms with Crippen molar-refractivity contribution in [3.8, 4) is 0 Å². The van der Waals surface area contributed by atoms with E-state index in [4.69, 9.17) is 9.47 Å². The van der Waals surface area contributed by atoms with Crippen molar-refractivity contribution in [3.05, 3.63) is 35.4 Å². The number of hydrogen-bond acceptors (Lipinski definition) is 4. The summed E-state index contributed by atoms with van der Waals surface area (Å²) in [6, 6.07) is 7.41. The zero-order valence-corrected chi connectivity index (χ0v) is 11.3. The highest BCUT2D eigenvalue weighted by atomic mass is 16.5. The zero-order chi connectivity index (χ0) is 13.4. The van der Waals surface area contributed by atoms with E-state index in [-0.39, 0.29) is 5.97 Å². The van der Waals surface area contributed by atoms with Gasteiger partial charge in [-0.15, -0.1) is 0 Å². The van der Waals surface area contributed by atoms with Crippen molar-refractivity contribution < 1.29 is 14.3 Å². The average Bonchev–Trinajstić information content (AvgIpc) is 2.36. The van der Waals surface area contributed by atoms with Gasteiger partial charge >= 0.3 is 5.97 Å². The number of methoxy groups -OCH3 is 1. The Bertz CT molecular complexity index is 379. The highest BCUT2D eigenvalue weighted by Crippen LogP contribution is 2.05. The molecule has 1 aromatic carbocycles. The van der Waals surface area contributed by atoms with Gasteiger partial charge in [0.25, 0.3) is 0 Å². The van der Waals surface area contributed by atoms with Gasteiger partial charge in [0.1, 0.15) is 6.61 Å². The molecule has 0 amide bonds. The third kappa shape index (κ3) is 5.29. The maximum atomic E-state index is 11.7. The molecule has 1 rings (SSSR count). The minimum absolute atomic E-state index is 0.265. The van der Waals surface area contributed by atoms with Crippen LogP contribution in [-0.4, -0.2) is 51.3 Å². The Balaban J connectivity index is 2.29. The molecule has 0 unspecified atom stereocenters. The fourth-order valence-electron chi connectivity index (χ4n) is 1.51. The summed E-state index contributed by atoms with van der Waals surface area (Å²) in [6.07, 6.45) is 0. The Kier molecular flexibility index (Phi) is 6.39. The number of likely N-dealkylation sites (N-methyl/N-ethyl adjacent to an activating group) is 1. The SMILES string of the molecule is COCCN(C)CCOC(=O)c1cccc(C)c1. The van der Waals surface area contributed by atoms with Crippen molar-refractivity contribution in [2.24, 2.45) is 0 Å². The largest absolute Gasteiger partial charge is 0.461 e. The summed E-state index contributed by atoms with van der Waals surface area (Å²) < 4.78 is 10.2. The topological polar surface area (TPSA) is 38.8 Å². The second kappa shape index (κ2) is 7.84. The maximum Gasteiger partial charge on any atom is 0.338 e. The smallest absolute Gasteiger partial charge is 0.338 e. The van der Waals surface area contributed by atoms with E-state index in [9.17, 15) is 4.79 Å². The summed E-state index contributed by atoms with van der Waals surface area (Å²) in [5.41, 5.74) is 1.66. The fraction of sp³-hybridized carbons (Fsp3) is 0.500. The summed E-state index contributed by atoms with van der Waals surface area (Å²) in [5, 5.41) is 0. The van der Waals surface area contributed by atoms with Crippen molar-refractivity contribution >= 4 is 5.97 Å². The van der Waals surface area contributed by atoms with Gasteiger partial charge in [0, 0.05) is 20.2 Å². The predicted octanol–water partition coefficient (Wildman–Crippen LogP) is 1.73. The number of hydrogen-bond donors (Lipinski definition) is 0. The fourth-order valence-corrected chi connectivity index (χ4v) is 1.51. The highest BCUT2D eigenvalue weighted by Gasteiger charge is 2.07. The van der Waals surface area contributed by atoms with Gasteiger partial charge in [-0.1, -0.05) is 17.7 Å². The molecule has 0 spiro atoms. The van der Waals surface area contributed by atoms with Crippen molar-refractivity contribution in [1.82, 2.24) is 4.90 Å². The molecule has 0 saturated carbocycles. The minimum Gasteiger partial charge on any atom is -0.461 e. The molecule has 0 bridgehead atoms. The van der Waals surface area contributed by atoms with E-state index in [1.54, 1.807) is 13.2 Å². The monoisotopic (exact) mass is 251 g/mol. The number of ether oxygens (including phenoxy) is 2. The van der Waals surface area contributed by atoms with Crippen molar-refractivity contribution in [2.75, 3.05) is 40.5 Å². The molecule has 0 aromatic heterocycles. The normalized spacial score (nSPS) is 10.7. The summed E-state index contributed by atoms with van der Waals surface area (Å²) in [7, 11) is 3.64. The van der Waals surface area contributed by atoms with E-state index in [1.807, 2.05) is 32.2 Å². The molecule has 0 N–H and O–H groups in total. The second-order valence-electron chi connectivity index (χ2n) is 4.30. The van der Waals surface area contributed by atoms with Crippen LogP contribution in [0.3, 0.4) is 0 Å². The van der Waals surface area contributed by atoms with Crippen LogP contribution < -0.4 is 0 Å². The molecule has 0 aliphatic heterocycles. The van der Waals surface area contributed by atoms with Crippen LogP contribution in [0.25, 0.3) is 0 Å². The van der Waals surface area contributed by atoms with Crippen LogP contribution in [-0.2, 0) is 9.47 Å². The molecule has 0 fully saturated rings. The van der Waals surface area contributed by atoms with Crippen molar-refractivity contribution in [2.45, 2.75) is 6.92 Å². The average molecular weight is 251 g/mol. The van der Waals surface area contributed by atoms with E-state index in [2.05, 4.69) is 4.90 Å². The van der Waals surface area contributed by atoms with E-state index in [0.717, 1.165) is 12.1 Å². The third-order valence-electron chi connectivity index (χ3n) is 2.64. The Morgan fingerprint density at radius 1 is 1.28 bits per heavy atom. The lowest BCUT2D eigenvalue weighted by Crippen LogP contribution is -2.27. The van der Waals surface area contributed by atoms with Crippen LogP contribution in [0.4, 0.5) is 0 Å². The molecule has 4 heteroatoms. The first-order chi connectivity index (χ1) is 8.63. The van der Waals surface area contributed by atoms with Gasteiger partial charge in [-0.25, -0.2) is 4.79 Å². The zero-order valence-electron chi connectivity index (χ0n) is 11.3. The third-order valence-corrected chi connectivity index (χ3v) is 2.64. The first-order valence-corrected chi connectivity index (χ1v) is 6.04. The van der Waals surface area contributed by atoms with E-state index in [1.165, 1.54) is 0 Å². The van der Waals surface area contributed by atoms with E-state index < -0.39 is 0 Å². The van der Waals surface area contributed by atoms with Gasteiger partial charge in [0.05, 0.1) is 12.2 Å². The lowest BCUT2D eigenvalue weighted by Gasteiger charge is -2.15. The number of nitrogens with zero attached hydrogens (tertiary/aromatic N) is 1. The molecule has 0 aliphatic rings. The quantitative estimate of drug-likeness (QED) is 0.692. The van der Waals surface area contributed by atoms with Gasteiger partial charge in [-0.05, 0) is 26.1 Å². The van der Waals surface area contributed by atoms with Gasteiger partial charge in [-0.2, -0.15) is 0 Å². The molecule has 0 saturated heterocycles. The van der Waals surface area contributed by atoms with Crippen LogP contribution in [0, 0.1) is 6.92 Å². The summed E-state index contributed by atoms with van der Waals surface area (Å²) >= 11 is 0. The molecule has 1 aromatic rings. The highest BCUT2D eigenvalue weighted by molar-refractivity contribution is 5.89. The second-order valence-corrected chi connectivity index (χ2v) is 4.30. The standard InChI is InChI=1S/C14H21NO3/c1-12-5-4-6-13(11-12)14(16)18-10-8-15(2)7-9-17-3/h4-6,11H,7-10H2,1-3H3. The van der Waals surface area contributed by atoms with Crippen LogP contribution in [0.2, 0.25) is 0 Å². The molecule has 18 heavy (non-hydrogen) atoms. The number of rotatable bonds is 7. The van der Waals surface area contributed by atoms with E-state index in [0.29, 0.717) is 25.3 Å². The summed E-state index contributed by atoms with van der Waals surface area (Å²) in [6.45, 7) is 4.57. The number of esters is 1. The molecule has 4 nitrogen and oxygen atoms in total. The van der Waals surface area contributed by atoms with Crippen LogP contribution in [0.1, 0.15) is 15.9 Å². The van der Waals surface area contributed by atoms with Crippen molar-refractivity contribution in [1.29, 1.82) is 0 Å². The number of aryl methyl sites for hydroxylation is 1. The Morgan fingerprint density at radius 2 is 2.00 bits per heavy atom.